The number of esters is 1. The predicted molar refractivity (Wildman–Crippen MR) is 85.7 cm³/mol. The molecule has 6 nitrogen and oxygen atoms in total. The maximum Gasteiger partial charge on any atom is 0.305 e. The smallest absolute Gasteiger partial charge is 0.305 e. The van der Waals surface area contributed by atoms with E-state index < -0.39 is 24.6 Å². The Labute approximate surface area is 138 Å². The average molecular weight is 332 g/mol. The Morgan fingerprint density at radius 1 is 0.913 bits per heavy atom. The van der Waals surface area contributed by atoms with E-state index in [9.17, 15) is 20.1 Å². The van der Waals surface area contributed by atoms with Crippen molar-refractivity contribution in [2.45, 2.75) is 95.7 Å². The van der Waals surface area contributed by atoms with E-state index >= 15 is 0 Å². The molecule has 0 amide bonds. The van der Waals surface area contributed by atoms with Crippen LogP contribution >= 0.6 is 0 Å². The first kappa shape index (κ1) is 20.4. The standard InChI is InChI=1S/C17H32O6/c1-2-3-4-5-6-7-8-9-10-11-14(18)22-12-13-15(19)16(20)17(21)23-13/h13,15-17,19-21H,2-12H2,1H3/t13-,15-,16?,17-/m1/s1. The van der Waals surface area contributed by atoms with Gasteiger partial charge in [-0.05, 0) is 6.42 Å². The summed E-state index contributed by atoms with van der Waals surface area (Å²) in [5.74, 6) is -0.334. The zero-order valence-corrected chi connectivity index (χ0v) is 14.2. The van der Waals surface area contributed by atoms with Crippen molar-refractivity contribution in [3.05, 3.63) is 0 Å². The molecule has 136 valence electrons. The highest BCUT2D eigenvalue weighted by atomic mass is 16.7. The molecule has 23 heavy (non-hydrogen) atoms. The fourth-order valence-electron chi connectivity index (χ4n) is 2.69. The van der Waals surface area contributed by atoms with Crippen LogP contribution < -0.4 is 0 Å². The summed E-state index contributed by atoms with van der Waals surface area (Å²) in [6.07, 6.45) is 6.13. The van der Waals surface area contributed by atoms with Crippen LogP contribution in [0.2, 0.25) is 0 Å². The van der Waals surface area contributed by atoms with Gasteiger partial charge >= 0.3 is 5.97 Å². The van der Waals surface area contributed by atoms with Crippen molar-refractivity contribution in [1.82, 2.24) is 0 Å². The van der Waals surface area contributed by atoms with Crippen molar-refractivity contribution >= 4 is 5.97 Å². The van der Waals surface area contributed by atoms with Crippen molar-refractivity contribution in [2.24, 2.45) is 0 Å². The number of aliphatic hydroxyl groups is 3. The molecule has 1 aliphatic heterocycles. The molecule has 3 N–H and O–H groups in total. The normalized spacial score (nSPS) is 27.3. The minimum absolute atomic E-state index is 0.147. The van der Waals surface area contributed by atoms with Gasteiger partial charge in [0.05, 0.1) is 0 Å². The molecule has 6 heteroatoms. The summed E-state index contributed by atoms with van der Waals surface area (Å²) in [5, 5.41) is 28.1. The summed E-state index contributed by atoms with van der Waals surface area (Å²) in [5.41, 5.74) is 0. The fourth-order valence-corrected chi connectivity index (χ4v) is 2.69. The second-order valence-corrected chi connectivity index (χ2v) is 6.31. The third-order valence-corrected chi connectivity index (χ3v) is 4.23. The average Bonchev–Trinajstić information content (AvgIpc) is 2.78. The number of aliphatic hydroxyl groups excluding tert-OH is 3. The summed E-state index contributed by atoms with van der Waals surface area (Å²) in [6.45, 7) is 2.06. The van der Waals surface area contributed by atoms with Crippen LogP contribution in [0.1, 0.15) is 71.1 Å². The SMILES string of the molecule is CCCCCCCCCCCC(=O)OC[C@H]1O[C@@H](O)C(O)[C@@H]1O. The van der Waals surface area contributed by atoms with Crippen molar-refractivity contribution in [3.63, 3.8) is 0 Å². The Morgan fingerprint density at radius 2 is 1.48 bits per heavy atom. The lowest BCUT2D eigenvalue weighted by Gasteiger charge is -2.14. The molecule has 0 spiro atoms. The zero-order chi connectivity index (χ0) is 17.1. The van der Waals surface area contributed by atoms with Crippen LogP contribution in [0, 0.1) is 0 Å². The molecule has 1 fully saturated rings. The van der Waals surface area contributed by atoms with Crippen molar-refractivity contribution in [3.8, 4) is 0 Å². The van der Waals surface area contributed by atoms with E-state index in [4.69, 9.17) is 9.47 Å². The molecular formula is C17H32O6. The summed E-state index contributed by atoms with van der Waals surface area (Å²) in [7, 11) is 0. The molecule has 0 saturated carbocycles. The Hall–Kier alpha value is -0.690. The van der Waals surface area contributed by atoms with Crippen molar-refractivity contribution < 1.29 is 29.6 Å². The molecule has 0 aromatic heterocycles. The third-order valence-electron chi connectivity index (χ3n) is 4.23. The second-order valence-electron chi connectivity index (χ2n) is 6.31. The van der Waals surface area contributed by atoms with Crippen LogP contribution in [0.3, 0.4) is 0 Å². The monoisotopic (exact) mass is 332 g/mol. The molecule has 1 unspecified atom stereocenters. The third kappa shape index (κ3) is 8.11. The van der Waals surface area contributed by atoms with Crippen LogP contribution in [0.4, 0.5) is 0 Å². The first-order valence-corrected chi connectivity index (χ1v) is 8.91. The van der Waals surface area contributed by atoms with Gasteiger partial charge in [-0.2, -0.15) is 0 Å². The molecule has 1 heterocycles. The minimum Gasteiger partial charge on any atom is -0.463 e. The highest BCUT2D eigenvalue weighted by molar-refractivity contribution is 5.69. The quantitative estimate of drug-likeness (QED) is 0.373. The first-order valence-electron chi connectivity index (χ1n) is 8.91. The van der Waals surface area contributed by atoms with Crippen molar-refractivity contribution in [2.75, 3.05) is 6.61 Å². The van der Waals surface area contributed by atoms with Crippen LogP contribution in [0.15, 0.2) is 0 Å². The predicted octanol–water partition coefficient (Wildman–Crippen LogP) is 1.89. The molecule has 0 radical (unpaired) electrons. The van der Waals surface area contributed by atoms with Gasteiger partial charge in [-0.25, -0.2) is 0 Å². The Bertz CT molecular complexity index is 322. The van der Waals surface area contributed by atoms with Gasteiger partial charge < -0.3 is 24.8 Å². The van der Waals surface area contributed by atoms with Gasteiger partial charge in [-0.3, -0.25) is 4.79 Å². The van der Waals surface area contributed by atoms with E-state index in [1.54, 1.807) is 0 Å². The molecule has 4 atom stereocenters. The van der Waals surface area contributed by atoms with Gasteiger partial charge in [0.25, 0.3) is 0 Å². The molecule has 1 saturated heterocycles. The molecular weight excluding hydrogens is 300 g/mol. The maximum absolute atomic E-state index is 11.6. The lowest BCUT2D eigenvalue weighted by atomic mass is 10.1. The van der Waals surface area contributed by atoms with Gasteiger partial charge in [0.2, 0.25) is 0 Å². The number of hydrogen-bond acceptors (Lipinski definition) is 6. The fraction of sp³-hybridized carbons (Fsp3) is 0.941. The van der Waals surface area contributed by atoms with Crippen LogP contribution in [-0.2, 0) is 14.3 Å². The van der Waals surface area contributed by atoms with E-state index in [2.05, 4.69) is 6.92 Å². The Balaban J connectivity index is 1.95. The van der Waals surface area contributed by atoms with Gasteiger partial charge in [-0.15, -0.1) is 0 Å². The lowest BCUT2D eigenvalue weighted by Crippen LogP contribution is -2.34. The number of unbranched alkanes of at least 4 members (excludes halogenated alkanes) is 8. The molecule has 0 aromatic carbocycles. The van der Waals surface area contributed by atoms with Gasteiger partial charge in [0.1, 0.15) is 24.9 Å². The van der Waals surface area contributed by atoms with E-state index in [0.717, 1.165) is 19.3 Å². The number of rotatable bonds is 12. The molecule has 1 rings (SSSR count). The zero-order valence-electron chi connectivity index (χ0n) is 14.2. The largest absolute Gasteiger partial charge is 0.463 e. The number of hydrogen-bond donors (Lipinski definition) is 3. The molecule has 0 aromatic rings. The maximum atomic E-state index is 11.6. The van der Waals surface area contributed by atoms with E-state index in [-0.39, 0.29) is 12.6 Å². The second kappa shape index (κ2) is 11.8. The summed E-state index contributed by atoms with van der Waals surface area (Å²) < 4.78 is 9.93. The van der Waals surface area contributed by atoms with Crippen LogP contribution in [-0.4, -0.2) is 52.5 Å². The number of carbonyl (C=O) groups excluding carboxylic acids is 1. The highest BCUT2D eigenvalue weighted by Gasteiger charge is 2.42. The van der Waals surface area contributed by atoms with E-state index in [0.29, 0.717) is 6.42 Å². The summed E-state index contributed by atoms with van der Waals surface area (Å²) >= 11 is 0. The topological polar surface area (TPSA) is 96.2 Å². The number of carbonyl (C=O) groups is 1. The van der Waals surface area contributed by atoms with E-state index in [1.165, 1.54) is 38.5 Å². The molecule has 0 aliphatic carbocycles. The van der Waals surface area contributed by atoms with Crippen LogP contribution in [0.25, 0.3) is 0 Å². The van der Waals surface area contributed by atoms with E-state index in [1.807, 2.05) is 0 Å². The Kier molecular flexibility index (Phi) is 10.4. The summed E-state index contributed by atoms with van der Waals surface area (Å²) in [6, 6.07) is 0. The van der Waals surface area contributed by atoms with Gasteiger partial charge in [0, 0.05) is 6.42 Å². The highest BCUT2D eigenvalue weighted by Crippen LogP contribution is 2.20. The lowest BCUT2D eigenvalue weighted by molar-refractivity contribution is -0.157. The van der Waals surface area contributed by atoms with Crippen molar-refractivity contribution in [1.29, 1.82) is 0 Å². The first-order chi connectivity index (χ1) is 11.1. The molecule has 0 bridgehead atoms. The Morgan fingerprint density at radius 3 is 2.00 bits per heavy atom. The van der Waals surface area contributed by atoms with Crippen LogP contribution in [0.5, 0.6) is 0 Å². The molecule has 1 aliphatic rings. The van der Waals surface area contributed by atoms with Gasteiger partial charge in [0.15, 0.2) is 6.29 Å². The van der Waals surface area contributed by atoms with Gasteiger partial charge in [-0.1, -0.05) is 58.3 Å². The number of ether oxygens (including phenoxy) is 2. The summed E-state index contributed by atoms with van der Waals surface area (Å²) in [4.78, 5) is 11.6. The minimum atomic E-state index is -1.42.